The Morgan fingerprint density at radius 1 is 1.50 bits per heavy atom. The second kappa shape index (κ2) is 6.99. The molecule has 0 aromatic rings. The van der Waals surface area contributed by atoms with Gasteiger partial charge in [0.2, 0.25) is 5.91 Å². The lowest BCUT2D eigenvalue weighted by atomic mass is 10.0. The van der Waals surface area contributed by atoms with E-state index in [1.807, 2.05) is 13.8 Å². The standard InChI is InChI=1S/C12H22N2O3S/c1-3-8(6-13)5-10(15)14-9(12(16)17)7-18-11(14)4-2/h8-9,11H,3-7,13H2,1-2H3,(H,16,17). The second-order valence-corrected chi connectivity index (χ2v) is 5.78. The van der Waals surface area contributed by atoms with Gasteiger partial charge in [0.15, 0.2) is 0 Å². The van der Waals surface area contributed by atoms with Crippen LogP contribution in [0.4, 0.5) is 0 Å². The molecular formula is C12H22N2O3S. The van der Waals surface area contributed by atoms with Gasteiger partial charge in [-0.05, 0) is 18.9 Å². The van der Waals surface area contributed by atoms with Crippen molar-refractivity contribution in [3.05, 3.63) is 0 Å². The molecule has 1 aliphatic heterocycles. The summed E-state index contributed by atoms with van der Waals surface area (Å²) in [4.78, 5) is 25.0. The predicted molar refractivity (Wildman–Crippen MR) is 72.3 cm³/mol. The SMILES string of the molecule is CCC(CN)CC(=O)N1C(CC)SCC1C(=O)O. The first kappa shape index (κ1) is 15.3. The van der Waals surface area contributed by atoms with Gasteiger partial charge in [0, 0.05) is 12.2 Å². The van der Waals surface area contributed by atoms with Crippen LogP contribution in [-0.4, -0.2) is 45.6 Å². The Labute approximate surface area is 112 Å². The minimum atomic E-state index is -0.910. The van der Waals surface area contributed by atoms with Crippen molar-refractivity contribution in [3.63, 3.8) is 0 Å². The van der Waals surface area contributed by atoms with Gasteiger partial charge >= 0.3 is 5.97 Å². The fraction of sp³-hybridized carbons (Fsp3) is 0.833. The Kier molecular flexibility index (Phi) is 5.95. The minimum absolute atomic E-state index is 0.00567. The fourth-order valence-corrected chi connectivity index (χ4v) is 3.52. The van der Waals surface area contributed by atoms with Crippen LogP contribution in [0.2, 0.25) is 0 Å². The first-order chi connectivity index (χ1) is 8.54. The van der Waals surface area contributed by atoms with E-state index in [1.54, 1.807) is 16.7 Å². The zero-order valence-corrected chi connectivity index (χ0v) is 11.8. The first-order valence-corrected chi connectivity index (χ1v) is 7.45. The Hall–Kier alpha value is -0.750. The molecule has 1 aliphatic rings. The smallest absolute Gasteiger partial charge is 0.327 e. The lowest BCUT2D eigenvalue weighted by Crippen LogP contribution is -2.46. The molecule has 1 rings (SSSR count). The van der Waals surface area contributed by atoms with Crippen LogP contribution < -0.4 is 5.73 Å². The van der Waals surface area contributed by atoms with Crippen molar-refractivity contribution < 1.29 is 14.7 Å². The highest BCUT2D eigenvalue weighted by Crippen LogP contribution is 2.32. The summed E-state index contributed by atoms with van der Waals surface area (Å²) in [5, 5.41) is 9.16. The molecule has 1 saturated heterocycles. The molecule has 0 bridgehead atoms. The molecule has 0 aromatic carbocycles. The maximum atomic E-state index is 12.3. The molecule has 3 N–H and O–H groups in total. The topological polar surface area (TPSA) is 83.6 Å². The van der Waals surface area contributed by atoms with Gasteiger partial charge < -0.3 is 15.7 Å². The molecule has 5 nitrogen and oxygen atoms in total. The molecule has 0 aliphatic carbocycles. The van der Waals surface area contributed by atoms with Crippen LogP contribution in [0.3, 0.4) is 0 Å². The largest absolute Gasteiger partial charge is 0.480 e. The van der Waals surface area contributed by atoms with E-state index < -0.39 is 12.0 Å². The number of carbonyl (C=O) groups excluding carboxylic acids is 1. The van der Waals surface area contributed by atoms with Crippen molar-refractivity contribution >= 4 is 23.6 Å². The van der Waals surface area contributed by atoms with E-state index in [4.69, 9.17) is 10.8 Å². The van der Waals surface area contributed by atoms with E-state index in [2.05, 4.69) is 0 Å². The number of carboxylic acids is 1. The normalized spacial score (nSPS) is 25.2. The number of nitrogens with zero attached hydrogens (tertiary/aromatic N) is 1. The third-order valence-corrected chi connectivity index (χ3v) is 4.84. The number of amides is 1. The number of carbonyl (C=O) groups is 2. The highest BCUT2D eigenvalue weighted by Gasteiger charge is 2.40. The predicted octanol–water partition coefficient (Wildman–Crippen LogP) is 1.13. The zero-order valence-electron chi connectivity index (χ0n) is 11.0. The van der Waals surface area contributed by atoms with Gasteiger partial charge in [-0.15, -0.1) is 11.8 Å². The van der Waals surface area contributed by atoms with Crippen LogP contribution in [-0.2, 0) is 9.59 Å². The molecule has 1 amide bonds. The summed E-state index contributed by atoms with van der Waals surface area (Å²) in [5.41, 5.74) is 5.60. The highest BCUT2D eigenvalue weighted by molar-refractivity contribution is 8.00. The summed E-state index contributed by atoms with van der Waals surface area (Å²) in [6, 6.07) is -0.678. The third-order valence-electron chi connectivity index (χ3n) is 3.39. The van der Waals surface area contributed by atoms with Gasteiger partial charge in [0.05, 0.1) is 5.37 Å². The number of nitrogens with two attached hydrogens (primary N) is 1. The summed E-state index contributed by atoms with van der Waals surface area (Å²) in [5.74, 6) is -0.349. The van der Waals surface area contributed by atoms with Gasteiger partial charge in [0.1, 0.15) is 6.04 Å². The fourth-order valence-electron chi connectivity index (χ4n) is 2.15. The van der Waals surface area contributed by atoms with Gasteiger partial charge in [0.25, 0.3) is 0 Å². The van der Waals surface area contributed by atoms with Crippen LogP contribution in [0.15, 0.2) is 0 Å². The lowest BCUT2D eigenvalue weighted by molar-refractivity contribution is -0.149. The molecule has 18 heavy (non-hydrogen) atoms. The number of hydrogen-bond donors (Lipinski definition) is 2. The molecule has 6 heteroatoms. The number of carboxylic acid groups (broad SMARTS) is 1. The Morgan fingerprint density at radius 3 is 2.61 bits per heavy atom. The van der Waals surface area contributed by atoms with Crippen LogP contribution >= 0.6 is 11.8 Å². The van der Waals surface area contributed by atoms with E-state index in [-0.39, 0.29) is 17.2 Å². The summed E-state index contributed by atoms with van der Waals surface area (Å²) in [6.45, 7) is 4.44. The number of hydrogen-bond acceptors (Lipinski definition) is 4. The maximum absolute atomic E-state index is 12.3. The number of thioether (sulfide) groups is 1. The molecule has 1 fully saturated rings. The summed E-state index contributed by atoms with van der Waals surface area (Å²) >= 11 is 1.55. The average molecular weight is 274 g/mol. The monoisotopic (exact) mass is 274 g/mol. The molecule has 0 saturated carbocycles. The van der Waals surface area contributed by atoms with E-state index >= 15 is 0 Å². The van der Waals surface area contributed by atoms with Crippen molar-refractivity contribution in [2.45, 2.75) is 44.5 Å². The van der Waals surface area contributed by atoms with Crippen molar-refractivity contribution in [1.29, 1.82) is 0 Å². The van der Waals surface area contributed by atoms with E-state index in [1.165, 1.54) is 0 Å². The van der Waals surface area contributed by atoms with Crippen LogP contribution in [0.25, 0.3) is 0 Å². The molecule has 3 atom stereocenters. The minimum Gasteiger partial charge on any atom is -0.480 e. The Balaban J connectivity index is 2.75. The maximum Gasteiger partial charge on any atom is 0.327 e. The molecule has 0 radical (unpaired) electrons. The molecule has 1 heterocycles. The zero-order chi connectivity index (χ0) is 13.7. The molecular weight excluding hydrogens is 252 g/mol. The quantitative estimate of drug-likeness (QED) is 0.758. The number of aliphatic carboxylic acids is 1. The number of rotatable bonds is 6. The first-order valence-electron chi connectivity index (χ1n) is 6.40. The van der Waals surface area contributed by atoms with Crippen molar-refractivity contribution in [2.75, 3.05) is 12.3 Å². The van der Waals surface area contributed by atoms with Crippen LogP contribution in [0.1, 0.15) is 33.1 Å². The summed E-state index contributed by atoms with van der Waals surface area (Å²) in [6.07, 6.45) is 1.98. The second-order valence-electron chi connectivity index (χ2n) is 4.57. The van der Waals surface area contributed by atoms with Crippen molar-refractivity contribution in [1.82, 2.24) is 4.90 Å². The highest BCUT2D eigenvalue weighted by atomic mass is 32.2. The average Bonchev–Trinajstić information content (AvgIpc) is 2.79. The van der Waals surface area contributed by atoms with Crippen molar-refractivity contribution in [2.24, 2.45) is 11.7 Å². The lowest BCUT2D eigenvalue weighted by Gasteiger charge is -2.28. The Bertz CT molecular complexity index is 308. The van der Waals surface area contributed by atoms with E-state index in [9.17, 15) is 9.59 Å². The Morgan fingerprint density at radius 2 is 2.17 bits per heavy atom. The van der Waals surface area contributed by atoms with Crippen molar-refractivity contribution in [3.8, 4) is 0 Å². The molecule has 0 spiro atoms. The van der Waals surface area contributed by atoms with Gasteiger partial charge in [-0.25, -0.2) is 4.79 Å². The van der Waals surface area contributed by atoms with Gasteiger partial charge in [-0.2, -0.15) is 0 Å². The van der Waals surface area contributed by atoms with Crippen LogP contribution in [0.5, 0.6) is 0 Å². The third kappa shape index (κ3) is 3.38. The van der Waals surface area contributed by atoms with E-state index in [0.29, 0.717) is 18.7 Å². The molecule has 104 valence electrons. The summed E-state index contributed by atoms with van der Waals surface area (Å²) < 4.78 is 0. The molecule has 0 aromatic heterocycles. The summed E-state index contributed by atoms with van der Waals surface area (Å²) in [7, 11) is 0. The van der Waals surface area contributed by atoms with Crippen LogP contribution in [0, 0.1) is 5.92 Å². The van der Waals surface area contributed by atoms with Gasteiger partial charge in [-0.3, -0.25) is 4.79 Å². The van der Waals surface area contributed by atoms with Gasteiger partial charge in [-0.1, -0.05) is 20.3 Å². The van der Waals surface area contributed by atoms with E-state index in [0.717, 1.165) is 12.8 Å². The molecule has 3 unspecified atom stereocenters.